The first-order valence-corrected chi connectivity index (χ1v) is 7.65. The minimum atomic E-state index is -0.437. The zero-order valence-corrected chi connectivity index (χ0v) is 13.7. The van der Waals surface area contributed by atoms with Crippen molar-refractivity contribution in [2.45, 2.75) is 6.42 Å². The highest BCUT2D eigenvalue weighted by atomic mass is 79.9. The van der Waals surface area contributed by atoms with Crippen molar-refractivity contribution in [2.24, 2.45) is 0 Å². The van der Waals surface area contributed by atoms with E-state index in [0.717, 1.165) is 10.0 Å². The zero-order chi connectivity index (χ0) is 16.5. The Morgan fingerprint density at radius 1 is 1.26 bits per heavy atom. The molecule has 1 amide bonds. The number of carbonyl (C=O) groups excluding carboxylic acids is 1. The number of amides is 1. The quantitative estimate of drug-likeness (QED) is 0.600. The summed E-state index contributed by atoms with van der Waals surface area (Å²) in [6.45, 7) is 0.455. The first kappa shape index (κ1) is 16.6. The number of halogens is 1. The highest BCUT2D eigenvalue weighted by Gasteiger charge is 2.08. The molecule has 2 N–H and O–H groups in total. The highest BCUT2D eigenvalue weighted by Crippen LogP contribution is 2.07. The lowest BCUT2D eigenvalue weighted by Gasteiger charge is -2.05. The third-order valence-corrected chi connectivity index (χ3v) is 3.28. The van der Waals surface area contributed by atoms with Crippen LogP contribution < -0.4 is 10.6 Å². The molecule has 0 aliphatic rings. The molecule has 23 heavy (non-hydrogen) atoms. The Kier molecular flexibility index (Phi) is 6.27. The summed E-state index contributed by atoms with van der Waals surface area (Å²) in [5.41, 5.74) is 1.08. The van der Waals surface area contributed by atoms with E-state index in [-0.39, 0.29) is 5.57 Å². The van der Waals surface area contributed by atoms with Gasteiger partial charge in [0.1, 0.15) is 11.6 Å². The van der Waals surface area contributed by atoms with Crippen molar-refractivity contribution in [1.29, 1.82) is 5.26 Å². The summed E-state index contributed by atoms with van der Waals surface area (Å²) in [4.78, 5) is 19.9. The molecular weight excluding hydrogens is 358 g/mol. The second kappa shape index (κ2) is 8.66. The minimum Gasteiger partial charge on any atom is -0.351 e. The first-order valence-electron chi connectivity index (χ1n) is 6.85. The number of carbonyl (C=O) groups is 1. The summed E-state index contributed by atoms with van der Waals surface area (Å²) in [6.07, 6.45) is 5.12. The lowest BCUT2D eigenvalue weighted by molar-refractivity contribution is -0.117. The molecule has 1 heterocycles. The van der Waals surface area contributed by atoms with Gasteiger partial charge in [0, 0.05) is 25.1 Å². The van der Waals surface area contributed by atoms with Gasteiger partial charge in [-0.05, 0) is 27.9 Å². The molecule has 0 spiro atoms. The predicted molar refractivity (Wildman–Crippen MR) is 90.2 cm³/mol. The molecule has 116 valence electrons. The summed E-state index contributed by atoms with van der Waals surface area (Å²) in [5.74, 6) is -0.133. The standard InChI is InChI=1S/C16H14BrN5O/c17-14-10-21-16(22-11-14)20-9-13(8-18)15(23)19-7-6-12-4-2-1-3-5-12/h1-5,9-11H,6-7H2,(H,19,23)(H,20,21,22)/b13-9-. The van der Waals surface area contributed by atoms with Gasteiger partial charge in [-0.1, -0.05) is 30.3 Å². The van der Waals surface area contributed by atoms with Crippen LogP contribution in [0.5, 0.6) is 0 Å². The lowest BCUT2D eigenvalue weighted by atomic mass is 10.1. The van der Waals surface area contributed by atoms with Gasteiger partial charge < -0.3 is 10.6 Å². The van der Waals surface area contributed by atoms with Crippen molar-refractivity contribution in [3.8, 4) is 6.07 Å². The molecule has 0 aliphatic carbocycles. The second-order valence-electron chi connectivity index (χ2n) is 4.53. The van der Waals surface area contributed by atoms with Gasteiger partial charge in [-0.15, -0.1) is 0 Å². The van der Waals surface area contributed by atoms with Gasteiger partial charge >= 0.3 is 0 Å². The summed E-state index contributed by atoms with van der Waals surface area (Å²) >= 11 is 3.23. The van der Waals surface area contributed by atoms with E-state index in [1.165, 1.54) is 6.20 Å². The smallest absolute Gasteiger partial charge is 0.263 e. The Balaban J connectivity index is 1.86. The average molecular weight is 372 g/mol. The van der Waals surface area contributed by atoms with Gasteiger partial charge in [-0.3, -0.25) is 4.79 Å². The predicted octanol–water partition coefficient (Wildman–Crippen LogP) is 2.42. The molecule has 0 fully saturated rings. The van der Waals surface area contributed by atoms with E-state index in [1.54, 1.807) is 12.4 Å². The zero-order valence-electron chi connectivity index (χ0n) is 12.2. The maximum absolute atomic E-state index is 11.9. The van der Waals surface area contributed by atoms with E-state index in [9.17, 15) is 4.79 Å². The number of hydrogen-bond acceptors (Lipinski definition) is 5. The monoisotopic (exact) mass is 371 g/mol. The van der Waals surface area contributed by atoms with Crippen LogP contribution in [-0.2, 0) is 11.2 Å². The van der Waals surface area contributed by atoms with Crippen molar-refractivity contribution < 1.29 is 4.79 Å². The Morgan fingerprint density at radius 2 is 1.96 bits per heavy atom. The van der Waals surface area contributed by atoms with Crippen LogP contribution in [0.25, 0.3) is 0 Å². The summed E-state index contributed by atoms with van der Waals surface area (Å²) in [7, 11) is 0. The van der Waals surface area contributed by atoms with E-state index >= 15 is 0 Å². The van der Waals surface area contributed by atoms with Gasteiger partial charge in [-0.2, -0.15) is 5.26 Å². The van der Waals surface area contributed by atoms with Crippen molar-refractivity contribution in [3.05, 3.63) is 64.5 Å². The van der Waals surface area contributed by atoms with Crippen LogP contribution in [0.2, 0.25) is 0 Å². The number of rotatable bonds is 6. The largest absolute Gasteiger partial charge is 0.351 e. The lowest BCUT2D eigenvalue weighted by Crippen LogP contribution is -2.27. The fraction of sp³-hybridized carbons (Fsp3) is 0.125. The molecule has 0 atom stereocenters. The van der Waals surface area contributed by atoms with Gasteiger partial charge in [-0.25, -0.2) is 9.97 Å². The first-order chi connectivity index (χ1) is 11.2. The number of nitrogens with one attached hydrogen (secondary N) is 2. The number of nitrogens with zero attached hydrogens (tertiary/aromatic N) is 3. The van der Waals surface area contributed by atoms with E-state index in [2.05, 4.69) is 36.5 Å². The molecular formula is C16H14BrN5O. The SMILES string of the molecule is N#C/C(=C/Nc1ncc(Br)cn1)C(=O)NCCc1ccccc1. The molecule has 1 aromatic carbocycles. The Bertz CT molecular complexity index is 722. The summed E-state index contributed by atoms with van der Waals surface area (Å²) in [5, 5.41) is 14.5. The molecule has 0 radical (unpaired) electrons. The van der Waals surface area contributed by atoms with Crippen LogP contribution >= 0.6 is 15.9 Å². The van der Waals surface area contributed by atoms with E-state index in [1.807, 2.05) is 36.4 Å². The third-order valence-electron chi connectivity index (χ3n) is 2.87. The van der Waals surface area contributed by atoms with Crippen LogP contribution in [0.4, 0.5) is 5.95 Å². The Labute approximate surface area is 142 Å². The number of aromatic nitrogens is 2. The van der Waals surface area contributed by atoms with E-state index in [4.69, 9.17) is 5.26 Å². The van der Waals surface area contributed by atoms with Gasteiger partial charge in [0.05, 0.1) is 4.47 Å². The van der Waals surface area contributed by atoms with Crippen LogP contribution in [0.15, 0.2) is 59.0 Å². The van der Waals surface area contributed by atoms with Gasteiger partial charge in [0.15, 0.2) is 0 Å². The van der Waals surface area contributed by atoms with Crippen LogP contribution in [0.3, 0.4) is 0 Å². The maximum atomic E-state index is 11.9. The van der Waals surface area contributed by atoms with Gasteiger partial charge in [0.2, 0.25) is 5.95 Å². The molecule has 0 saturated heterocycles. The number of anilines is 1. The molecule has 2 rings (SSSR count). The van der Waals surface area contributed by atoms with Crippen molar-refractivity contribution >= 4 is 27.8 Å². The van der Waals surface area contributed by atoms with E-state index in [0.29, 0.717) is 18.9 Å². The molecule has 0 saturated carbocycles. The third kappa shape index (κ3) is 5.52. The fourth-order valence-electron chi connectivity index (χ4n) is 1.73. The normalized spacial score (nSPS) is 10.7. The van der Waals surface area contributed by atoms with Crippen LogP contribution in [0.1, 0.15) is 5.56 Å². The summed E-state index contributed by atoms with van der Waals surface area (Å²) < 4.78 is 0.742. The molecule has 0 bridgehead atoms. The Morgan fingerprint density at radius 3 is 2.61 bits per heavy atom. The summed E-state index contributed by atoms with van der Waals surface area (Å²) in [6, 6.07) is 11.7. The maximum Gasteiger partial charge on any atom is 0.263 e. The van der Waals surface area contributed by atoms with Crippen molar-refractivity contribution in [2.75, 3.05) is 11.9 Å². The van der Waals surface area contributed by atoms with Crippen molar-refractivity contribution in [3.63, 3.8) is 0 Å². The molecule has 6 nitrogen and oxygen atoms in total. The minimum absolute atomic E-state index is 0.0374. The highest BCUT2D eigenvalue weighted by molar-refractivity contribution is 9.10. The average Bonchev–Trinajstić information content (AvgIpc) is 2.58. The van der Waals surface area contributed by atoms with Gasteiger partial charge in [0.25, 0.3) is 5.91 Å². The van der Waals surface area contributed by atoms with Crippen LogP contribution in [0, 0.1) is 11.3 Å². The fourth-order valence-corrected chi connectivity index (χ4v) is 1.94. The van der Waals surface area contributed by atoms with Crippen molar-refractivity contribution in [1.82, 2.24) is 15.3 Å². The van der Waals surface area contributed by atoms with Crippen LogP contribution in [-0.4, -0.2) is 22.4 Å². The number of nitriles is 1. The molecule has 1 aromatic heterocycles. The van der Waals surface area contributed by atoms with E-state index < -0.39 is 5.91 Å². The molecule has 0 aliphatic heterocycles. The molecule has 0 unspecified atom stereocenters. The number of hydrogen-bond donors (Lipinski definition) is 2. The second-order valence-corrected chi connectivity index (χ2v) is 5.45. The molecule has 7 heteroatoms. The topological polar surface area (TPSA) is 90.7 Å². The Hall–Kier alpha value is -2.72. The number of benzene rings is 1. The molecule has 2 aromatic rings.